The highest BCUT2D eigenvalue weighted by atomic mass is 16.5. The lowest BCUT2D eigenvalue weighted by Gasteiger charge is -2.14. The first-order valence-corrected chi connectivity index (χ1v) is 3.93. The second-order valence-corrected chi connectivity index (χ2v) is 2.59. The summed E-state index contributed by atoms with van der Waals surface area (Å²) in [5.41, 5.74) is -0.433. The summed E-state index contributed by atoms with van der Waals surface area (Å²) < 4.78 is 9.31. The van der Waals surface area contributed by atoms with Gasteiger partial charge >= 0.3 is 5.63 Å². The largest absolute Gasteiger partial charge is 0.385 e. The third-order valence-corrected chi connectivity index (χ3v) is 1.57. The maximum absolute atomic E-state index is 10.6. The predicted octanol–water partition coefficient (Wildman–Crippen LogP) is -0.316. The quantitative estimate of drug-likeness (QED) is 0.375. The Morgan fingerprint density at radius 2 is 2.54 bits per heavy atom. The van der Waals surface area contributed by atoms with E-state index in [1.54, 1.807) is 7.11 Å². The number of ether oxygens (including phenoxy) is 1. The van der Waals surface area contributed by atoms with Crippen molar-refractivity contribution in [3.63, 3.8) is 0 Å². The number of aromatic amines is 1. The Bertz CT molecular complexity index is 293. The fraction of sp³-hybridized carbons (Fsp3) is 0.571. The van der Waals surface area contributed by atoms with E-state index in [1.807, 2.05) is 0 Å². The van der Waals surface area contributed by atoms with Crippen molar-refractivity contribution in [1.29, 1.82) is 0 Å². The number of aromatic nitrogens is 1. The molecule has 0 fully saturated rings. The van der Waals surface area contributed by atoms with Gasteiger partial charge in [-0.3, -0.25) is 5.01 Å². The van der Waals surface area contributed by atoms with Gasteiger partial charge in [-0.2, -0.15) is 0 Å². The number of hydrogen-bond donors (Lipinski definition) is 2. The number of anilines is 1. The van der Waals surface area contributed by atoms with E-state index >= 15 is 0 Å². The molecule has 13 heavy (non-hydrogen) atoms. The van der Waals surface area contributed by atoms with Crippen LogP contribution in [0.2, 0.25) is 0 Å². The first-order valence-electron chi connectivity index (χ1n) is 3.93. The molecule has 1 aromatic heterocycles. The van der Waals surface area contributed by atoms with Crippen LogP contribution in [0.15, 0.2) is 15.4 Å². The first-order chi connectivity index (χ1) is 6.24. The maximum atomic E-state index is 10.6. The van der Waals surface area contributed by atoms with Crippen LogP contribution < -0.4 is 16.5 Å². The second-order valence-electron chi connectivity index (χ2n) is 2.59. The van der Waals surface area contributed by atoms with Crippen molar-refractivity contribution in [2.75, 3.05) is 25.3 Å². The van der Waals surface area contributed by atoms with Gasteiger partial charge in [0.15, 0.2) is 5.82 Å². The zero-order valence-corrected chi connectivity index (χ0v) is 7.45. The lowest BCUT2D eigenvalue weighted by atomic mass is 10.4. The van der Waals surface area contributed by atoms with Crippen molar-refractivity contribution in [3.8, 4) is 0 Å². The molecule has 3 N–H and O–H groups in total. The van der Waals surface area contributed by atoms with Gasteiger partial charge in [-0.15, -0.1) is 0 Å². The van der Waals surface area contributed by atoms with Crippen LogP contribution in [-0.2, 0) is 4.74 Å². The minimum atomic E-state index is -0.433. The number of nitrogens with two attached hydrogens (primary N) is 1. The minimum absolute atomic E-state index is 0.433. The lowest BCUT2D eigenvalue weighted by molar-refractivity contribution is 0.196. The Morgan fingerprint density at radius 3 is 3.08 bits per heavy atom. The molecule has 0 aliphatic rings. The van der Waals surface area contributed by atoms with E-state index in [9.17, 15) is 4.79 Å². The SMILES string of the molecule is COCCCN(N)c1cc(=O)o[nH]1. The fourth-order valence-corrected chi connectivity index (χ4v) is 0.914. The van der Waals surface area contributed by atoms with Crippen LogP contribution in [0.1, 0.15) is 6.42 Å². The summed E-state index contributed by atoms with van der Waals surface area (Å²) in [5, 5.41) is 3.81. The summed E-state index contributed by atoms with van der Waals surface area (Å²) >= 11 is 0. The Balaban J connectivity index is 2.39. The van der Waals surface area contributed by atoms with Crippen LogP contribution in [-0.4, -0.2) is 25.4 Å². The number of hydrazine groups is 1. The van der Waals surface area contributed by atoms with Crippen LogP contribution in [0.3, 0.4) is 0 Å². The molecule has 0 amide bonds. The number of rotatable bonds is 5. The van der Waals surface area contributed by atoms with E-state index in [-0.39, 0.29) is 0 Å². The molecule has 0 radical (unpaired) electrons. The molecular formula is C7H13N3O3. The van der Waals surface area contributed by atoms with Crippen molar-refractivity contribution < 1.29 is 9.26 Å². The molecular weight excluding hydrogens is 174 g/mol. The monoisotopic (exact) mass is 187 g/mol. The Hall–Kier alpha value is -1.27. The van der Waals surface area contributed by atoms with Crippen LogP contribution in [0, 0.1) is 0 Å². The highest BCUT2D eigenvalue weighted by molar-refractivity contribution is 5.32. The number of nitrogens with zero attached hydrogens (tertiary/aromatic N) is 1. The van der Waals surface area contributed by atoms with Crippen molar-refractivity contribution in [2.24, 2.45) is 5.84 Å². The van der Waals surface area contributed by atoms with Gasteiger partial charge in [-0.05, 0) is 6.42 Å². The smallest absolute Gasteiger partial charge is 0.359 e. The summed E-state index contributed by atoms with van der Waals surface area (Å²) in [4.78, 5) is 10.6. The zero-order chi connectivity index (χ0) is 9.68. The maximum Gasteiger partial charge on any atom is 0.359 e. The molecule has 1 rings (SSSR count). The highest BCUT2D eigenvalue weighted by Gasteiger charge is 2.04. The van der Waals surface area contributed by atoms with Crippen molar-refractivity contribution in [2.45, 2.75) is 6.42 Å². The van der Waals surface area contributed by atoms with Crippen molar-refractivity contribution in [1.82, 2.24) is 5.16 Å². The molecule has 74 valence electrons. The van der Waals surface area contributed by atoms with Crippen LogP contribution in [0.5, 0.6) is 0 Å². The lowest BCUT2D eigenvalue weighted by Crippen LogP contribution is -2.32. The van der Waals surface area contributed by atoms with Gasteiger partial charge in [0.1, 0.15) is 0 Å². The molecule has 6 nitrogen and oxygen atoms in total. The predicted molar refractivity (Wildman–Crippen MR) is 47.4 cm³/mol. The van der Waals surface area contributed by atoms with Gasteiger partial charge in [-0.1, -0.05) is 0 Å². The molecule has 0 aliphatic carbocycles. The highest BCUT2D eigenvalue weighted by Crippen LogP contribution is 2.02. The van der Waals surface area contributed by atoms with E-state index < -0.39 is 5.63 Å². The minimum Gasteiger partial charge on any atom is -0.385 e. The summed E-state index contributed by atoms with van der Waals surface area (Å²) in [6.45, 7) is 1.24. The molecule has 1 heterocycles. The van der Waals surface area contributed by atoms with Gasteiger partial charge in [0.2, 0.25) is 0 Å². The molecule has 0 bridgehead atoms. The van der Waals surface area contributed by atoms with E-state index in [0.29, 0.717) is 19.0 Å². The van der Waals surface area contributed by atoms with Gasteiger partial charge in [-0.25, -0.2) is 15.8 Å². The van der Waals surface area contributed by atoms with Crippen LogP contribution in [0.4, 0.5) is 5.82 Å². The number of methoxy groups -OCH3 is 1. The van der Waals surface area contributed by atoms with Gasteiger partial charge < -0.3 is 9.26 Å². The van der Waals surface area contributed by atoms with E-state index in [0.717, 1.165) is 6.42 Å². The molecule has 0 aliphatic heterocycles. The Morgan fingerprint density at radius 1 is 1.77 bits per heavy atom. The van der Waals surface area contributed by atoms with E-state index in [1.165, 1.54) is 11.1 Å². The molecule has 0 spiro atoms. The van der Waals surface area contributed by atoms with Crippen LogP contribution in [0.25, 0.3) is 0 Å². The van der Waals surface area contributed by atoms with Gasteiger partial charge in [0.05, 0.1) is 6.07 Å². The Labute approximate surface area is 75.2 Å². The third kappa shape index (κ3) is 2.92. The van der Waals surface area contributed by atoms with Crippen molar-refractivity contribution in [3.05, 3.63) is 16.5 Å². The molecule has 0 unspecified atom stereocenters. The van der Waals surface area contributed by atoms with Gasteiger partial charge in [0.25, 0.3) is 0 Å². The second kappa shape index (κ2) is 4.68. The first kappa shape index (κ1) is 9.82. The fourth-order valence-electron chi connectivity index (χ4n) is 0.914. The molecule has 6 heteroatoms. The molecule has 0 saturated carbocycles. The molecule has 1 aromatic rings. The molecule has 0 saturated heterocycles. The average Bonchev–Trinajstić information content (AvgIpc) is 2.52. The summed E-state index contributed by atoms with van der Waals surface area (Å²) in [6, 6.07) is 1.30. The summed E-state index contributed by atoms with van der Waals surface area (Å²) in [6.07, 6.45) is 0.792. The Kier molecular flexibility index (Phi) is 3.53. The van der Waals surface area contributed by atoms with Crippen LogP contribution >= 0.6 is 0 Å². The average molecular weight is 187 g/mol. The third-order valence-electron chi connectivity index (χ3n) is 1.57. The number of hydrogen-bond acceptors (Lipinski definition) is 5. The number of H-pyrrole nitrogens is 1. The normalized spacial score (nSPS) is 10.3. The standard InChI is InChI=1S/C7H13N3O3/c1-12-4-2-3-10(8)6-5-7(11)13-9-6/h5,9H,2-4,8H2,1H3. The zero-order valence-electron chi connectivity index (χ0n) is 7.45. The topological polar surface area (TPSA) is 84.5 Å². The molecule has 0 aromatic carbocycles. The van der Waals surface area contributed by atoms with Gasteiger partial charge in [0, 0.05) is 20.3 Å². The molecule has 0 atom stereocenters. The van der Waals surface area contributed by atoms with E-state index in [2.05, 4.69) is 9.68 Å². The van der Waals surface area contributed by atoms with E-state index in [4.69, 9.17) is 10.6 Å². The summed E-state index contributed by atoms with van der Waals surface area (Å²) in [7, 11) is 1.63. The summed E-state index contributed by atoms with van der Waals surface area (Å²) in [5.74, 6) is 6.07. The van der Waals surface area contributed by atoms with Crippen molar-refractivity contribution >= 4 is 5.82 Å². The number of nitrogens with one attached hydrogen (secondary N) is 1.